The standard InChI is InChI=1S/C12H18N2S/c13-12-4-2-1-3-11(12)5-6-14-7-9-15-10-8-14/h1-4H,5-10,13H2. The Morgan fingerprint density at radius 3 is 2.67 bits per heavy atom. The van der Waals surface area contributed by atoms with Crippen LogP contribution >= 0.6 is 11.8 Å². The summed E-state index contributed by atoms with van der Waals surface area (Å²) >= 11 is 2.06. The maximum Gasteiger partial charge on any atom is 0.0347 e. The first-order chi connectivity index (χ1) is 7.36. The maximum atomic E-state index is 5.91. The molecule has 0 amide bonds. The van der Waals surface area contributed by atoms with Crippen LogP contribution in [0, 0.1) is 0 Å². The van der Waals surface area contributed by atoms with Crippen molar-refractivity contribution in [2.45, 2.75) is 6.42 Å². The largest absolute Gasteiger partial charge is 0.399 e. The molecule has 15 heavy (non-hydrogen) atoms. The molecule has 1 saturated heterocycles. The topological polar surface area (TPSA) is 29.3 Å². The number of rotatable bonds is 3. The second-order valence-corrected chi connectivity index (χ2v) is 5.13. The Bertz CT molecular complexity index is 308. The third-order valence-electron chi connectivity index (χ3n) is 2.86. The van der Waals surface area contributed by atoms with Gasteiger partial charge in [0.1, 0.15) is 0 Å². The lowest BCUT2D eigenvalue weighted by Gasteiger charge is -2.26. The first-order valence-electron chi connectivity index (χ1n) is 5.50. The first-order valence-corrected chi connectivity index (χ1v) is 6.65. The van der Waals surface area contributed by atoms with Gasteiger partial charge in [-0.2, -0.15) is 11.8 Å². The Kier molecular flexibility index (Phi) is 3.92. The average Bonchev–Trinajstić information content (AvgIpc) is 2.29. The molecular formula is C12H18N2S. The van der Waals surface area contributed by atoms with Crippen molar-refractivity contribution in [2.75, 3.05) is 36.9 Å². The molecule has 0 aliphatic carbocycles. The highest BCUT2D eigenvalue weighted by Crippen LogP contribution is 2.13. The molecule has 1 aromatic carbocycles. The third kappa shape index (κ3) is 3.14. The van der Waals surface area contributed by atoms with Crippen LogP contribution in [0.4, 0.5) is 5.69 Å². The van der Waals surface area contributed by atoms with Crippen molar-refractivity contribution >= 4 is 17.4 Å². The van der Waals surface area contributed by atoms with E-state index in [1.165, 1.54) is 30.2 Å². The molecule has 0 spiro atoms. The molecule has 0 aromatic heterocycles. The maximum absolute atomic E-state index is 5.91. The van der Waals surface area contributed by atoms with Crippen molar-refractivity contribution in [2.24, 2.45) is 0 Å². The third-order valence-corrected chi connectivity index (χ3v) is 3.80. The Morgan fingerprint density at radius 2 is 1.93 bits per heavy atom. The normalized spacial score (nSPS) is 17.9. The lowest BCUT2D eigenvalue weighted by atomic mass is 10.1. The fraction of sp³-hybridized carbons (Fsp3) is 0.500. The summed E-state index contributed by atoms with van der Waals surface area (Å²) in [6.07, 6.45) is 1.08. The van der Waals surface area contributed by atoms with Crippen LogP contribution in [0.5, 0.6) is 0 Å². The molecule has 82 valence electrons. The van der Waals surface area contributed by atoms with E-state index in [0.29, 0.717) is 0 Å². The van der Waals surface area contributed by atoms with Crippen molar-refractivity contribution in [3.63, 3.8) is 0 Å². The molecule has 3 heteroatoms. The van der Waals surface area contributed by atoms with Gasteiger partial charge in [0.2, 0.25) is 0 Å². The summed E-state index contributed by atoms with van der Waals surface area (Å²) in [5.41, 5.74) is 8.14. The van der Waals surface area contributed by atoms with Crippen LogP contribution in [0.25, 0.3) is 0 Å². The monoisotopic (exact) mass is 222 g/mol. The molecule has 2 N–H and O–H groups in total. The van der Waals surface area contributed by atoms with Gasteiger partial charge in [-0.25, -0.2) is 0 Å². The van der Waals surface area contributed by atoms with Crippen LogP contribution in [-0.4, -0.2) is 36.0 Å². The van der Waals surface area contributed by atoms with E-state index in [-0.39, 0.29) is 0 Å². The number of benzene rings is 1. The van der Waals surface area contributed by atoms with Crippen LogP contribution in [-0.2, 0) is 6.42 Å². The molecule has 2 rings (SSSR count). The van der Waals surface area contributed by atoms with Crippen LogP contribution in [0.1, 0.15) is 5.56 Å². The summed E-state index contributed by atoms with van der Waals surface area (Å²) in [4.78, 5) is 2.53. The van der Waals surface area contributed by atoms with Gasteiger partial charge in [-0.15, -0.1) is 0 Å². The van der Waals surface area contributed by atoms with Gasteiger partial charge in [-0.3, -0.25) is 0 Å². The number of anilines is 1. The molecule has 1 aliphatic rings. The number of nitrogens with zero attached hydrogens (tertiary/aromatic N) is 1. The second kappa shape index (κ2) is 5.42. The Morgan fingerprint density at radius 1 is 1.20 bits per heavy atom. The highest BCUT2D eigenvalue weighted by molar-refractivity contribution is 7.99. The lowest BCUT2D eigenvalue weighted by Crippen LogP contribution is -2.34. The Hall–Kier alpha value is -0.670. The van der Waals surface area contributed by atoms with Crippen molar-refractivity contribution in [3.8, 4) is 0 Å². The van der Waals surface area contributed by atoms with Crippen LogP contribution in [0.3, 0.4) is 0 Å². The first kappa shape index (κ1) is 10.8. The molecule has 1 aliphatic heterocycles. The Balaban J connectivity index is 1.84. The SMILES string of the molecule is Nc1ccccc1CCN1CCSCC1. The molecule has 0 bridgehead atoms. The molecule has 1 aromatic rings. The number of nitrogens with two attached hydrogens (primary N) is 1. The number of hydrogen-bond acceptors (Lipinski definition) is 3. The van der Waals surface area contributed by atoms with Gasteiger partial charge in [0.05, 0.1) is 0 Å². The van der Waals surface area contributed by atoms with Crippen molar-refractivity contribution in [1.29, 1.82) is 0 Å². The highest BCUT2D eigenvalue weighted by atomic mass is 32.2. The van der Waals surface area contributed by atoms with Crippen molar-refractivity contribution in [1.82, 2.24) is 4.90 Å². The molecule has 0 saturated carbocycles. The number of hydrogen-bond donors (Lipinski definition) is 1. The fourth-order valence-electron chi connectivity index (χ4n) is 1.87. The summed E-state index contributed by atoms with van der Waals surface area (Å²) in [5.74, 6) is 2.56. The van der Waals surface area contributed by atoms with Crippen LogP contribution in [0.15, 0.2) is 24.3 Å². The zero-order valence-corrected chi connectivity index (χ0v) is 9.80. The van der Waals surface area contributed by atoms with E-state index in [9.17, 15) is 0 Å². The summed E-state index contributed by atoms with van der Waals surface area (Å²) < 4.78 is 0. The van der Waals surface area contributed by atoms with E-state index in [4.69, 9.17) is 5.73 Å². The molecule has 1 heterocycles. The summed E-state index contributed by atoms with van der Waals surface area (Å²) in [6, 6.07) is 8.18. The average molecular weight is 222 g/mol. The molecule has 1 fully saturated rings. The molecule has 2 nitrogen and oxygen atoms in total. The summed E-state index contributed by atoms with van der Waals surface area (Å²) in [6.45, 7) is 3.61. The van der Waals surface area contributed by atoms with E-state index >= 15 is 0 Å². The lowest BCUT2D eigenvalue weighted by molar-refractivity contribution is 0.307. The zero-order valence-electron chi connectivity index (χ0n) is 8.98. The van der Waals surface area contributed by atoms with E-state index < -0.39 is 0 Å². The number of para-hydroxylation sites is 1. The summed E-state index contributed by atoms with van der Waals surface area (Å²) in [7, 11) is 0. The Labute approximate surface area is 95.8 Å². The van der Waals surface area contributed by atoms with E-state index in [1.807, 2.05) is 12.1 Å². The predicted molar refractivity (Wildman–Crippen MR) is 68.3 cm³/mol. The van der Waals surface area contributed by atoms with E-state index in [2.05, 4.69) is 28.8 Å². The second-order valence-electron chi connectivity index (χ2n) is 3.90. The number of nitrogen functional groups attached to an aromatic ring is 1. The minimum atomic E-state index is 0.934. The van der Waals surface area contributed by atoms with E-state index in [1.54, 1.807) is 0 Å². The smallest absolute Gasteiger partial charge is 0.0347 e. The van der Waals surface area contributed by atoms with Gasteiger partial charge in [0, 0.05) is 36.8 Å². The van der Waals surface area contributed by atoms with E-state index in [0.717, 1.165) is 18.7 Å². The zero-order chi connectivity index (χ0) is 10.5. The molecule has 0 unspecified atom stereocenters. The van der Waals surface area contributed by atoms with Crippen LogP contribution in [0.2, 0.25) is 0 Å². The highest BCUT2D eigenvalue weighted by Gasteiger charge is 2.10. The predicted octanol–water partition coefficient (Wildman–Crippen LogP) is 1.86. The van der Waals surface area contributed by atoms with Crippen molar-refractivity contribution in [3.05, 3.63) is 29.8 Å². The fourth-order valence-corrected chi connectivity index (χ4v) is 2.84. The molecular weight excluding hydrogens is 204 g/mol. The van der Waals surface area contributed by atoms with Crippen molar-refractivity contribution < 1.29 is 0 Å². The quantitative estimate of drug-likeness (QED) is 0.792. The summed E-state index contributed by atoms with van der Waals surface area (Å²) in [5, 5.41) is 0. The minimum Gasteiger partial charge on any atom is -0.399 e. The molecule has 0 radical (unpaired) electrons. The van der Waals surface area contributed by atoms with Gasteiger partial charge >= 0.3 is 0 Å². The van der Waals surface area contributed by atoms with Gasteiger partial charge in [0.15, 0.2) is 0 Å². The van der Waals surface area contributed by atoms with Gasteiger partial charge in [-0.05, 0) is 18.1 Å². The number of thioether (sulfide) groups is 1. The van der Waals surface area contributed by atoms with Gasteiger partial charge in [0.25, 0.3) is 0 Å². The van der Waals surface area contributed by atoms with Gasteiger partial charge < -0.3 is 10.6 Å². The van der Waals surface area contributed by atoms with Crippen LogP contribution < -0.4 is 5.73 Å². The molecule has 0 atom stereocenters. The minimum absolute atomic E-state index is 0.934. The van der Waals surface area contributed by atoms with Gasteiger partial charge in [-0.1, -0.05) is 18.2 Å².